The maximum absolute atomic E-state index is 14.1. The van der Waals surface area contributed by atoms with Gasteiger partial charge in [0.15, 0.2) is 11.6 Å². The highest BCUT2D eigenvalue weighted by molar-refractivity contribution is 5.87. The van der Waals surface area contributed by atoms with Crippen LogP contribution < -0.4 is 15.4 Å². The minimum atomic E-state index is -0.555. The standard InChI is InChI=1S/C18H21FN6O2/c1-3-16(26)25-8-4-5-13(11-25)22-17-14(19)10-21-18(24-17)23-12-6-7-15(27-2)20-9-12/h3,6-7,9-10,13H,1,4-5,8,11H2,2H3,(H2,21,22,23,24)/t13-/m1/s1. The second-order valence-electron chi connectivity index (χ2n) is 6.08. The molecule has 1 aliphatic rings. The van der Waals surface area contributed by atoms with Crippen LogP contribution in [0.25, 0.3) is 0 Å². The van der Waals surface area contributed by atoms with Crippen LogP contribution in [0.5, 0.6) is 5.88 Å². The highest BCUT2D eigenvalue weighted by Gasteiger charge is 2.23. The van der Waals surface area contributed by atoms with E-state index in [1.165, 1.54) is 13.2 Å². The molecule has 1 aliphatic heterocycles. The minimum absolute atomic E-state index is 0.0897. The number of hydrogen-bond acceptors (Lipinski definition) is 7. The van der Waals surface area contributed by atoms with E-state index in [0.717, 1.165) is 19.0 Å². The zero-order valence-corrected chi connectivity index (χ0v) is 15.0. The van der Waals surface area contributed by atoms with Crippen LogP contribution >= 0.6 is 0 Å². The zero-order chi connectivity index (χ0) is 19.2. The molecule has 0 saturated carbocycles. The number of carbonyl (C=O) groups excluding carboxylic acids is 1. The van der Waals surface area contributed by atoms with Crippen LogP contribution in [0, 0.1) is 5.82 Å². The van der Waals surface area contributed by atoms with Crippen molar-refractivity contribution in [1.29, 1.82) is 0 Å². The number of pyridine rings is 1. The second-order valence-corrected chi connectivity index (χ2v) is 6.08. The molecule has 0 spiro atoms. The van der Waals surface area contributed by atoms with Crippen molar-refractivity contribution in [2.24, 2.45) is 0 Å². The van der Waals surface area contributed by atoms with Gasteiger partial charge in [-0.2, -0.15) is 4.98 Å². The van der Waals surface area contributed by atoms with Crippen molar-refractivity contribution in [2.75, 3.05) is 30.8 Å². The number of amides is 1. The molecule has 1 fully saturated rings. The first-order chi connectivity index (χ1) is 13.1. The van der Waals surface area contributed by atoms with Gasteiger partial charge >= 0.3 is 0 Å². The van der Waals surface area contributed by atoms with Gasteiger partial charge in [0, 0.05) is 25.2 Å². The number of halogens is 1. The summed E-state index contributed by atoms with van der Waals surface area (Å²) in [5.41, 5.74) is 0.647. The predicted octanol–water partition coefficient (Wildman–Crippen LogP) is 2.35. The van der Waals surface area contributed by atoms with Crippen molar-refractivity contribution in [3.8, 4) is 5.88 Å². The van der Waals surface area contributed by atoms with E-state index in [1.54, 1.807) is 23.2 Å². The topological polar surface area (TPSA) is 92.3 Å². The number of methoxy groups -OCH3 is 1. The number of piperidine rings is 1. The van der Waals surface area contributed by atoms with E-state index in [9.17, 15) is 9.18 Å². The van der Waals surface area contributed by atoms with Crippen molar-refractivity contribution in [2.45, 2.75) is 18.9 Å². The first kappa shape index (κ1) is 18.6. The van der Waals surface area contributed by atoms with Crippen LogP contribution in [0.15, 0.2) is 37.2 Å². The maximum Gasteiger partial charge on any atom is 0.246 e. The van der Waals surface area contributed by atoms with E-state index >= 15 is 0 Å². The predicted molar refractivity (Wildman–Crippen MR) is 99.5 cm³/mol. The number of hydrogen-bond donors (Lipinski definition) is 2. The summed E-state index contributed by atoms with van der Waals surface area (Å²) in [5.74, 6) is 0.131. The molecule has 3 rings (SSSR count). The SMILES string of the molecule is C=CC(=O)N1CCC[C@@H](Nc2nc(Nc3ccc(OC)nc3)ncc2F)C1. The van der Waals surface area contributed by atoms with Crippen molar-refractivity contribution < 1.29 is 13.9 Å². The number of carbonyl (C=O) groups is 1. The molecule has 0 aromatic carbocycles. The smallest absolute Gasteiger partial charge is 0.246 e. The van der Waals surface area contributed by atoms with Gasteiger partial charge in [0.25, 0.3) is 0 Å². The number of aromatic nitrogens is 3. The molecule has 9 heteroatoms. The van der Waals surface area contributed by atoms with E-state index < -0.39 is 5.82 Å². The van der Waals surface area contributed by atoms with Crippen LogP contribution in [0.2, 0.25) is 0 Å². The van der Waals surface area contributed by atoms with Gasteiger partial charge in [-0.3, -0.25) is 4.79 Å². The lowest BCUT2D eigenvalue weighted by Crippen LogP contribution is -2.44. The number of nitrogens with one attached hydrogen (secondary N) is 2. The maximum atomic E-state index is 14.1. The fourth-order valence-corrected chi connectivity index (χ4v) is 2.85. The summed E-state index contributed by atoms with van der Waals surface area (Å²) in [6.45, 7) is 4.65. The van der Waals surface area contributed by atoms with Gasteiger partial charge in [-0.1, -0.05) is 6.58 Å². The lowest BCUT2D eigenvalue weighted by atomic mass is 10.1. The summed E-state index contributed by atoms with van der Waals surface area (Å²) in [5, 5.41) is 6.04. The van der Waals surface area contributed by atoms with Crippen molar-refractivity contribution in [3.05, 3.63) is 43.0 Å². The lowest BCUT2D eigenvalue weighted by Gasteiger charge is -2.32. The summed E-state index contributed by atoms with van der Waals surface area (Å²) in [6, 6.07) is 3.35. The Labute approximate surface area is 156 Å². The summed E-state index contributed by atoms with van der Waals surface area (Å²) in [6.07, 6.45) is 5.60. The molecule has 8 nitrogen and oxygen atoms in total. The van der Waals surface area contributed by atoms with Gasteiger partial charge in [-0.15, -0.1) is 0 Å². The molecule has 3 heterocycles. The third-order valence-electron chi connectivity index (χ3n) is 4.19. The summed E-state index contributed by atoms with van der Waals surface area (Å²) in [4.78, 5) is 25.7. The molecule has 0 unspecified atom stereocenters. The fourth-order valence-electron chi connectivity index (χ4n) is 2.85. The van der Waals surface area contributed by atoms with Crippen LogP contribution in [0.1, 0.15) is 12.8 Å². The Bertz CT molecular complexity index is 814. The molecule has 2 N–H and O–H groups in total. The number of nitrogens with zero attached hydrogens (tertiary/aromatic N) is 4. The molecule has 2 aromatic heterocycles. The monoisotopic (exact) mass is 372 g/mol. The molecule has 142 valence electrons. The van der Waals surface area contributed by atoms with E-state index in [1.807, 2.05) is 0 Å². The molecular weight excluding hydrogens is 351 g/mol. The molecule has 1 amide bonds. The highest BCUT2D eigenvalue weighted by atomic mass is 19.1. The number of anilines is 3. The Balaban J connectivity index is 1.69. The van der Waals surface area contributed by atoms with Crippen LogP contribution in [0.4, 0.5) is 21.8 Å². The fraction of sp³-hybridized carbons (Fsp3) is 0.333. The average molecular weight is 372 g/mol. The van der Waals surface area contributed by atoms with Gasteiger partial charge in [0.2, 0.25) is 17.7 Å². The minimum Gasteiger partial charge on any atom is -0.481 e. The van der Waals surface area contributed by atoms with Gasteiger partial charge < -0.3 is 20.3 Å². The van der Waals surface area contributed by atoms with Gasteiger partial charge in [0.05, 0.1) is 25.2 Å². The summed E-state index contributed by atoms with van der Waals surface area (Å²) in [7, 11) is 1.53. The van der Waals surface area contributed by atoms with Crippen molar-refractivity contribution >= 4 is 23.4 Å². The summed E-state index contributed by atoms with van der Waals surface area (Å²) >= 11 is 0. The molecule has 0 bridgehead atoms. The van der Waals surface area contributed by atoms with Crippen LogP contribution in [0.3, 0.4) is 0 Å². The van der Waals surface area contributed by atoms with E-state index in [2.05, 4.69) is 32.2 Å². The Hall–Kier alpha value is -3.23. The van der Waals surface area contributed by atoms with Crippen LogP contribution in [-0.4, -0.2) is 52.0 Å². The normalized spacial score (nSPS) is 16.5. The Kier molecular flexibility index (Phi) is 5.80. The quantitative estimate of drug-likeness (QED) is 0.752. The molecule has 0 radical (unpaired) electrons. The first-order valence-electron chi connectivity index (χ1n) is 8.56. The average Bonchev–Trinajstić information content (AvgIpc) is 2.70. The Morgan fingerprint density at radius 3 is 2.96 bits per heavy atom. The largest absolute Gasteiger partial charge is 0.481 e. The van der Waals surface area contributed by atoms with Gasteiger partial charge in [-0.05, 0) is 25.0 Å². The second kappa shape index (κ2) is 8.43. The number of rotatable bonds is 6. The van der Waals surface area contributed by atoms with Crippen molar-refractivity contribution in [3.63, 3.8) is 0 Å². The Morgan fingerprint density at radius 2 is 2.26 bits per heavy atom. The third-order valence-corrected chi connectivity index (χ3v) is 4.19. The number of ether oxygens (including phenoxy) is 1. The first-order valence-corrected chi connectivity index (χ1v) is 8.56. The van der Waals surface area contributed by atoms with Gasteiger partial charge in [0.1, 0.15) is 0 Å². The molecule has 2 aromatic rings. The molecule has 1 saturated heterocycles. The van der Waals surface area contributed by atoms with Crippen LogP contribution in [-0.2, 0) is 4.79 Å². The van der Waals surface area contributed by atoms with E-state index in [0.29, 0.717) is 24.7 Å². The van der Waals surface area contributed by atoms with E-state index in [4.69, 9.17) is 4.74 Å². The Morgan fingerprint density at radius 1 is 1.41 bits per heavy atom. The van der Waals surface area contributed by atoms with Gasteiger partial charge in [-0.25, -0.2) is 14.4 Å². The zero-order valence-electron chi connectivity index (χ0n) is 15.0. The van der Waals surface area contributed by atoms with Crippen molar-refractivity contribution in [1.82, 2.24) is 19.9 Å². The molecule has 0 aliphatic carbocycles. The molecular formula is C18H21FN6O2. The number of likely N-dealkylation sites (tertiary alicyclic amines) is 1. The lowest BCUT2D eigenvalue weighted by molar-refractivity contribution is -0.127. The third kappa shape index (κ3) is 4.69. The summed E-state index contributed by atoms with van der Waals surface area (Å²) < 4.78 is 19.2. The molecule has 1 atom stereocenters. The highest BCUT2D eigenvalue weighted by Crippen LogP contribution is 2.20. The molecule has 27 heavy (non-hydrogen) atoms. The van der Waals surface area contributed by atoms with E-state index in [-0.39, 0.29) is 23.7 Å².